The number of nitrogens with zero attached hydrogens (tertiary/aromatic N) is 1. The Morgan fingerprint density at radius 1 is 0.955 bits per heavy atom. The predicted molar refractivity (Wildman–Crippen MR) is 98.2 cm³/mol. The van der Waals surface area contributed by atoms with Gasteiger partial charge in [-0.05, 0) is 47.5 Å². The van der Waals surface area contributed by atoms with Gasteiger partial charge < -0.3 is 4.90 Å². The molecule has 4 rings (SSSR count). The van der Waals surface area contributed by atoms with Crippen LogP contribution in [0.1, 0.15) is 24.0 Å². The summed E-state index contributed by atoms with van der Waals surface area (Å²) in [7, 11) is 0. The molecule has 3 aromatic carbocycles. The quantitative estimate of drug-likeness (QED) is 0.506. The van der Waals surface area contributed by atoms with E-state index in [4.69, 9.17) is 0 Å². The Labute approximate surface area is 139 Å². The van der Waals surface area contributed by atoms with Crippen LogP contribution in [0, 0.1) is 6.92 Å². The summed E-state index contributed by atoms with van der Waals surface area (Å²) in [6.45, 7) is 5.51. The average molecular weight is 352 g/mol. The maximum atomic E-state index is 3.68. The van der Waals surface area contributed by atoms with Crippen LogP contribution in [0.15, 0.2) is 59.1 Å². The first-order valence-electron chi connectivity index (χ1n) is 7.70. The van der Waals surface area contributed by atoms with Crippen LogP contribution >= 0.6 is 15.9 Å². The summed E-state index contributed by atoms with van der Waals surface area (Å²) in [5.74, 6) is 0.536. The highest BCUT2D eigenvalue weighted by atomic mass is 79.9. The summed E-state index contributed by atoms with van der Waals surface area (Å²) >= 11 is 3.68. The second-order valence-electron chi connectivity index (χ2n) is 6.18. The van der Waals surface area contributed by atoms with Crippen molar-refractivity contribution in [2.75, 3.05) is 11.4 Å². The average Bonchev–Trinajstić information content (AvgIpc) is 2.86. The van der Waals surface area contributed by atoms with Crippen LogP contribution < -0.4 is 4.90 Å². The molecule has 0 amide bonds. The van der Waals surface area contributed by atoms with E-state index in [1.54, 1.807) is 0 Å². The lowest BCUT2D eigenvalue weighted by Gasteiger charge is -2.20. The number of hydrogen-bond donors (Lipinski definition) is 0. The van der Waals surface area contributed by atoms with E-state index in [0.717, 1.165) is 6.54 Å². The molecule has 1 aliphatic heterocycles. The predicted octanol–water partition coefficient (Wildman–Crippen LogP) is 6.17. The molecular weight excluding hydrogens is 334 g/mol. The van der Waals surface area contributed by atoms with Crippen molar-refractivity contribution in [3.8, 4) is 0 Å². The molecule has 110 valence electrons. The number of halogens is 1. The summed E-state index contributed by atoms with van der Waals surface area (Å²) in [4.78, 5) is 2.44. The monoisotopic (exact) mass is 351 g/mol. The molecule has 0 N–H and O–H groups in total. The molecular formula is C20H18BrN. The Kier molecular flexibility index (Phi) is 3.23. The van der Waals surface area contributed by atoms with Crippen molar-refractivity contribution in [1.82, 2.24) is 0 Å². The van der Waals surface area contributed by atoms with Crippen molar-refractivity contribution in [3.05, 3.63) is 70.2 Å². The van der Waals surface area contributed by atoms with E-state index >= 15 is 0 Å². The van der Waals surface area contributed by atoms with Gasteiger partial charge in [0.2, 0.25) is 0 Å². The minimum atomic E-state index is 0.536. The van der Waals surface area contributed by atoms with Crippen LogP contribution in [-0.4, -0.2) is 6.54 Å². The Morgan fingerprint density at radius 2 is 1.73 bits per heavy atom. The van der Waals surface area contributed by atoms with Gasteiger partial charge in [0.25, 0.3) is 0 Å². The van der Waals surface area contributed by atoms with Gasteiger partial charge in [0.05, 0.1) is 0 Å². The molecule has 0 aliphatic carbocycles. The van der Waals surface area contributed by atoms with E-state index in [1.807, 2.05) is 0 Å². The summed E-state index contributed by atoms with van der Waals surface area (Å²) in [6, 6.07) is 19.8. The molecule has 22 heavy (non-hydrogen) atoms. The van der Waals surface area contributed by atoms with Crippen molar-refractivity contribution in [2.24, 2.45) is 0 Å². The van der Waals surface area contributed by atoms with Crippen LogP contribution in [0.5, 0.6) is 0 Å². The van der Waals surface area contributed by atoms with Gasteiger partial charge in [-0.1, -0.05) is 58.7 Å². The zero-order chi connectivity index (χ0) is 15.3. The molecule has 0 saturated carbocycles. The zero-order valence-corrected chi connectivity index (χ0v) is 14.4. The standard InChI is InChI=1S/C20H18BrN/c1-13-6-8-15(9-7-13)22-12-14(2)20-17-4-3-5-18(21)16(17)10-11-19(20)22/h3-11,14H,12H2,1-2H3. The minimum Gasteiger partial charge on any atom is -0.341 e. The van der Waals surface area contributed by atoms with Gasteiger partial charge in [-0.2, -0.15) is 0 Å². The fourth-order valence-electron chi connectivity index (χ4n) is 3.52. The van der Waals surface area contributed by atoms with Crippen LogP contribution in [-0.2, 0) is 0 Å². The number of fused-ring (bicyclic) bond motifs is 3. The molecule has 0 fully saturated rings. The normalized spacial score (nSPS) is 17.0. The van der Waals surface area contributed by atoms with E-state index in [1.165, 1.54) is 37.7 Å². The smallest absolute Gasteiger partial charge is 0.0453 e. The van der Waals surface area contributed by atoms with Crippen LogP contribution in [0.2, 0.25) is 0 Å². The van der Waals surface area contributed by atoms with Gasteiger partial charge in [0, 0.05) is 28.3 Å². The first-order valence-corrected chi connectivity index (χ1v) is 8.50. The van der Waals surface area contributed by atoms with Crippen LogP contribution in [0.25, 0.3) is 10.8 Å². The molecule has 1 unspecified atom stereocenters. The van der Waals surface area contributed by atoms with Gasteiger partial charge in [0.15, 0.2) is 0 Å². The summed E-state index contributed by atoms with van der Waals surface area (Å²) in [5, 5.41) is 2.67. The van der Waals surface area contributed by atoms with Crippen molar-refractivity contribution in [3.63, 3.8) is 0 Å². The summed E-state index contributed by atoms with van der Waals surface area (Å²) < 4.78 is 1.17. The van der Waals surface area contributed by atoms with Crippen LogP contribution in [0.4, 0.5) is 11.4 Å². The third-order valence-electron chi connectivity index (χ3n) is 4.61. The Bertz CT molecular complexity index is 851. The molecule has 2 heteroatoms. The first kappa shape index (κ1) is 13.8. The molecule has 3 aromatic rings. The Hall–Kier alpha value is -1.80. The largest absolute Gasteiger partial charge is 0.341 e. The number of benzene rings is 3. The number of anilines is 2. The third kappa shape index (κ3) is 2.05. The van der Waals surface area contributed by atoms with Crippen molar-refractivity contribution in [1.29, 1.82) is 0 Å². The second-order valence-corrected chi connectivity index (χ2v) is 7.03. The molecule has 1 heterocycles. The van der Waals surface area contributed by atoms with Crippen molar-refractivity contribution in [2.45, 2.75) is 19.8 Å². The SMILES string of the molecule is Cc1ccc(N2CC(C)c3c2ccc2c(Br)cccc32)cc1. The number of rotatable bonds is 1. The molecule has 1 aliphatic rings. The Morgan fingerprint density at radius 3 is 2.50 bits per heavy atom. The fourth-order valence-corrected chi connectivity index (χ4v) is 4.02. The highest BCUT2D eigenvalue weighted by Gasteiger charge is 2.28. The van der Waals surface area contributed by atoms with E-state index in [2.05, 4.69) is 89.3 Å². The molecule has 0 aromatic heterocycles. The van der Waals surface area contributed by atoms with E-state index in [9.17, 15) is 0 Å². The maximum absolute atomic E-state index is 3.68. The van der Waals surface area contributed by atoms with Crippen molar-refractivity contribution < 1.29 is 0 Å². The molecule has 0 bridgehead atoms. The maximum Gasteiger partial charge on any atom is 0.0453 e. The second kappa shape index (κ2) is 5.13. The molecule has 0 spiro atoms. The third-order valence-corrected chi connectivity index (χ3v) is 5.30. The van der Waals surface area contributed by atoms with Gasteiger partial charge in [-0.3, -0.25) is 0 Å². The topological polar surface area (TPSA) is 3.24 Å². The van der Waals surface area contributed by atoms with Gasteiger partial charge >= 0.3 is 0 Å². The number of hydrogen-bond acceptors (Lipinski definition) is 1. The molecule has 1 nitrogen and oxygen atoms in total. The zero-order valence-electron chi connectivity index (χ0n) is 12.8. The lowest BCUT2D eigenvalue weighted by Crippen LogP contribution is -2.14. The van der Waals surface area contributed by atoms with Crippen LogP contribution in [0.3, 0.4) is 0 Å². The van der Waals surface area contributed by atoms with E-state index < -0.39 is 0 Å². The van der Waals surface area contributed by atoms with E-state index in [-0.39, 0.29) is 0 Å². The molecule has 0 radical (unpaired) electrons. The van der Waals surface area contributed by atoms with Gasteiger partial charge in [-0.15, -0.1) is 0 Å². The van der Waals surface area contributed by atoms with Crippen molar-refractivity contribution >= 4 is 38.1 Å². The highest BCUT2D eigenvalue weighted by molar-refractivity contribution is 9.10. The highest BCUT2D eigenvalue weighted by Crippen LogP contribution is 2.45. The molecule has 1 atom stereocenters. The lowest BCUT2D eigenvalue weighted by atomic mass is 9.96. The Balaban J connectivity index is 1.92. The van der Waals surface area contributed by atoms with Gasteiger partial charge in [-0.25, -0.2) is 0 Å². The van der Waals surface area contributed by atoms with Gasteiger partial charge in [0.1, 0.15) is 0 Å². The summed E-state index contributed by atoms with van der Waals surface area (Å²) in [5.41, 5.74) is 5.41. The lowest BCUT2D eigenvalue weighted by molar-refractivity contribution is 0.818. The first-order chi connectivity index (χ1) is 10.6. The fraction of sp³-hybridized carbons (Fsp3) is 0.200. The van der Waals surface area contributed by atoms with E-state index in [0.29, 0.717) is 5.92 Å². The number of aryl methyl sites for hydroxylation is 1. The molecule has 0 saturated heterocycles. The minimum absolute atomic E-state index is 0.536. The summed E-state index contributed by atoms with van der Waals surface area (Å²) in [6.07, 6.45) is 0.